The number of aryl methyl sites for hydroxylation is 1. The molecule has 0 bridgehead atoms. The second kappa shape index (κ2) is 12.3. The van der Waals surface area contributed by atoms with E-state index in [0.29, 0.717) is 38.5 Å². The molecule has 8 nitrogen and oxygen atoms in total. The maximum absolute atomic E-state index is 13.8. The molecule has 1 aliphatic rings. The Morgan fingerprint density at radius 2 is 1.61 bits per heavy atom. The number of amides is 1. The molecule has 1 saturated heterocycles. The summed E-state index contributed by atoms with van der Waals surface area (Å²) in [6, 6.07) is 22.0. The van der Waals surface area contributed by atoms with E-state index in [4.69, 9.17) is 9.47 Å². The zero-order valence-corrected chi connectivity index (χ0v) is 23.0. The van der Waals surface area contributed by atoms with Crippen molar-refractivity contribution in [3.05, 3.63) is 83.9 Å². The Morgan fingerprint density at radius 1 is 0.921 bits per heavy atom. The number of para-hydroxylation sites is 2. The molecule has 0 aromatic heterocycles. The Hall–Kier alpha value is -3.56. The number of nitrogens with zero attached hydrogens (tertiary/aromatic N) is 3. The van der Waals surface area contributed by atoms with Crippen LogP contribution >= 0.6 is 0 Å². The van der Waals surface area contributed by atoms with Crippen LogP contribution in [0, 0.1) is 6.92 Å². The van der Waals surface area contributed by atoms with E-state index in [0.717, 1.165) is 22.6 Å². The quantitative estimate of drug-likeness (QED) is 0.390. The van der Waals surface area contributed by atoms with E-state index >= 15 is 0 Å². The molecule has 0 saturated carbocycles. The van der Waals surface area contributed by atoms with Crippen LogP contribution in [0.1, 0.15) is 18.1 Å². The number of carbonyl (C=O) groups excluding carboxylic acids is 1. The lowest BCUT2D eigenvalue weighted by Crippen LogP contribution is -2.51. The van der Waals surface area contributed by atoms with Crippen LogP contribution in [-0.4, -0.2) is 70.0 Å². The van der Waals surface area contributed by atoms with Crippen molar-refractivity contribution in [3.8, 4) is 11.5 Å². The minimum Gasteiger partial charge on any atom is -0.495 e. The molecule has 0 unspecified atom stereocenters. The molecule has 0 atom stereocenters. The second-order valence-electron chi connectivity index (χ2n) is 9.16. The van der Waals surface area contributed by atoms with Gasteiger partial charge in [-0.1, -0.05) is 42.5 Å². The average molecular weight is 538 g/mol. The Kier molecular flexibility index (Phi) is 8.91. The number of hydrogen-bond donors (Lipinski definition) is 0. The van der Waals surface area contributed by atoms with Gasteiger partial charge in [0.15, 0.2) is 0 Å². The molecule has 0 radical (unpaired) electrons. The Balaban J connectivity index is 1.51. The van der Waals surface area contributed by atoms with Crippen LogP contribution in [0.2, 0.25) is 0 Å². The highest BCUT2D eigenvalue weighted by atomic mass is 32.2. The summed E-state index contributed by atoms with van der Waals surface area (Å²) in [5.74, 6) is 1.22. The highest BCUT2D eigenvalue weighted by Crippen LogP contribution is 2.29. The normalized spacial score (nSPS) is 14.0. The number of ether oxygens (including phenoxy) is 2. The molecular weight excluding hydrogens is 502 g/mol. The largest absolute Gasteiger partial charge is 0.495 e. The van der Waals surface area contributed by atoms with Crippen molar-refractivity contribution >= 4 is 21.6 Å². The van der Waals surface area contributed by atoms with Gasteiger partial charge in [-0.15, -0.1) is 0 Å². The van der Waals surface area contributed by atoms with E-state index in [1.165, 1.54) is 4.31 Å². The zero-order valence-electron chi connectivity index (χ0n) is 22.2. The summed E-state index contributed by atoms with van der Waals surface area (Å²) in [7, 11) is -2.30. The van der Waals surface area contributed by atoms with E-state index in [2.05, 4.69) is 4.90 Å². The minimum atomic E-state index is -3.95. The van der Waals surface area contributed by atoms with Crippen LogP contribution in [0.5, 0.6) is 11.5 Å². The molecule has 3 aromatic carbocycles. The van der Waals surface area contributed by atoms with Crippen molar-refractivity contribution in [1.29, 1.82) is 0 Å². The van der Waals surface area contributed by atoms with Gasteiger partial charge in [0.05, 0.1) is 30.8 Å². The first-order valence-electron chi connectivity index (χ1n) is 12.8. The van der Waals surface area contributed by atoms with Gasteiger partial charge in [-0.2, -0.15) is 4.31 Å². The fourth-order valence-corrected chi connectivity index (χ4v) is 6.06. The predicted molar refractivity (Wildman–Crippen MR) is 148 cm³/mol. The van der Waals surface area contributed by atoms with Crippen LogP contribution in [0.4, 0.5) is 5.69 Å². The van der Waals surface area contributed by atoms with Gasteiger partial charge in [0.2, 0.25) is 15.9 Å². The fourth-order valence-electron chi connectivity index (χ4n) is 4.60. The number of piperazine rings is 1. The van der Waals surface area contributed by atoms with E-state index in [1.807, 2.05) is 68.4 Å². The second-order valence-corrected chi connectivity index (χ2v) is 11.1. The van der Waals surface area contributed by atoms with Crippen LogP contribution in [-0.2, 0) is 21.4 Å². The SMILES string of the molecule is CCOc1ccc(S(=O)(=O)N(CC(=O)N2CCN(c3ccccc3OC)CC2)Cc2ccccc2)cc1C. The summed E-state index contributed by atoms with van der Waals surface area (Å²) in [5, 5.41) is 0. The van der Waals surface area contributed by atoms with Crippen molar-refractivity contribution in [2.45, 2.75) is 25.3 Å². The number of rotatable bonds is 10. The zero-order chi connectivity index (χ0) is 27.1. The van der Waals surface area contributed by atoms with Gasteiger partial charge in [0.25, 0.3) is 0 Å². The van der Waals surface area contributed by atoms with E-state index in [9.17, 15) is 13.2 Å². The molecule has 1 amide bonds. The lowest BCUT2D eigenvalue weighted by atomic mass is 10.2. The number of sulfonamides is 1. The fraction of sp³-hybridized carbons (Fsp3) is 0.345. The smallest absolute Gasteiger partial charge is 0.243 e. The summed E-state index contributed by atoms with van der Waals surface area (Å²) in [6.07, 6.45) is 0. The van der Waals surface area contributed by atoms with Crippen LogP contribution in [0.3, 0.4) is 0 Å². The van der Waals surface area contributed by atoms with Gasteiger partial charge in [-0.05, 0) is 55.3 Å². The van der Waals surface area contributed by atoms with E-state index in [1.54, 1.807) is 30.2 Å². The number of hydrogen-bond acceptors (Lipinski definition) is 6. The van der Waals surface area contributed by atoms with E-state index < -0.39 is 10.0 Å². The van der Waals surface area contributed by atoms with Crippen molar-refractivity contribution in [2.75, 3.05) is 51.3 Å². The standard InChI is InChI=1S/C29H35N3O5S/c1-4-37-27-15-14-25(20-23(27)2)38(34,35)32(21-24-10-6-5-7-11-24)22-29(33)31-18-16-30(17-19-31)26-12-8-9-13-28(26)36-3/h5-15,20H,4,16-19,21-22H2,1-3H3. The van der Waals surface area contributed by atoms with Crippen LogP contribution < -0.4 is 14.4 Å². The van der Waals surface area contributed by atoms with Gasteiger partial charge >= 0.3 is 0 Å². The predicted octanol–water partition coefficient (Wildman–Crippen LogP) is 3.94. The third-order valence-corrected chi connectivity index (χ3v) is 8.44. The molecule has 0 N–H and O–H groups in total. The molecule has 202 valence electrons. The van der Waals surface area contributed by atoms with Gasteiger partial charge < -0.3 is 19.3 Å². The molecule has 1 fully saturated rings. The van der Waals surface area contributed by atoms with E-state index in [-0.39, 0.29) is 23.9 Å². The van der Waals surface area contributed by atoms with Gasteiger partial charge in [0.1, 0.15) is 11.5 Å². The lowest BCUT2D eigenvalue weighted by molar-refractivity contribution is -0.131. The maximum Gasteiger partial charge on any atom is 0.243 e. The minimum absolute atomic E-state index is 0.0996. The molecule has 0 spiro atoms. The summed E-state index contributed by atoms with van der Waals surface area (Å²) < 4.78 is 39.9. The monoisotopic (exact) mass is 537 g/mol. The first-order valence-corrected chi connectivity index (χ1v) is 14.2. The Morgan fingerprint density at radius 3 is 2.26 bits per heavy atom. The van der Waals surface area contributed by atoms with Gasteiger partial charge in [0, 0.05) is 32.7 Å². The number of methoxy groups -OCH3 is 1. The van der Waals surface area contributed by atoms with Crippen LogP contribution in [0.15, 0.2) is 77.7 Å². The van der Waals surface area contributed by atoms with Crippen LogP contribution in [0.25, 0.3) is 0 Å². The van der Waals surface area contributed by atoms with Crippen molar-refractivity contribution < 1.29 is 22.7 Å². The summed E-state index contributed by atoms with van der Waals surface area (Å²) in [5.41, 5.74) is 2.53. The summed E-state index contributed by atoms with van der Waals surface area (Å²) in [4.78, 5) is 17.5. The number of anilines is 1. The Labute approximate surface area is 225 Å². The topological polar surface area (TPSA) is 79.4 Å². The number of benzene rings is 3. The van der Waals surface area contributed by atoms with Crippen molar-refractivity contribution in [3.63, 3.8) is 0 Å². The highest BCUT2D eigenvalue weighted by molar-refractivity contribution is 7.89. The van der Waals surface area contributed by atoms with Gasteiger partial charge in [-0.25, -0.2) is 8.42 Å². The average Bonchev–Trinajstić information content (AvgIpc) is 2.94. The molecule has 1 heterocycles. The third-order valence-electron chi connectivity index (χ3n) is 6.66. The molecule has 9 heteroatoms. The molecule has 1 aliphatic heterocycles. The Bertz CT molecular complexity index is 1340. The molecular formula is C29H35N3O5S. The maximum atomic E-state index is 13.8. The molecule has 0 aliphatic carbocycles. The summed E-state index contributed by atoms with van der Waals surface area (Å²) in [6.45, 7) is 6.32. The molecule has 38 heavy (non-hydrogen) atoms. The van der Waals surface area contributed by atoms with Crippen molar-refractivity contribution in [1.82, 2.24) is 9.21 Å². The van der Waals surface area contributed by atoms with Gasteiger partial charge in [-0.3, -0.25) is 4.79 Å². The van der Waals surface area contributed by atoms with Crippen molar-refractivity contribution in [2.24, 2.45) is 0 Å². The third kappa shape index (κ3) is 6.28. The molecule has 3 aromatic rings. The summed E-state index contributed by atoms with van der Waals surface area (Å²) >= 11 is 0. The first kappa shape index (κ1) is 27.5. The highest BCUT2D eigenvalue weighted by Gasteiger charge is 2.31. The number of carbonyl (C=O) groups is 1. The first-order chi connectivity index (χ1) is 18.3. The lowest BCUT2D eigenvalue weighted by Gasteiger charge is -2.37. The molecule has 4 rings (SSSR count).